The number of benzene rings is 2. The lowest BCUT2D eigenvalue weighted by molar-refractivity contribution is -0.148. The summed E-state index contributed by atoms with van der Waals surface area (Å²) in [4.78, 5) is 52.0. The van der Waals surface area contributed by atoms with Crippen molar-refractivity contribution >= 4 is 23.9 Å². The van der Waals surface area contributed by atoms with Gasteiger partial charge in [0.15, 0.2) is 0 Å². The summed E-state index contributed by atoms with van der Waals surface area (Å²) in [7, 11) is 0. The molecule has 0 bridgehead atoms. The molecule has 4 rings (SSSR count). The Morgan fingerprint density at radius 2 is 1.69 bits per heavy atom. The van der Waals surface area contributed by atoms with Gasteiger partial charge in [0.1, 0.15) is 6.61 Å². The first-order valence-corrected chi connectivity index (χ1v) is 11.5. The molecule has 2 aliphatic rings. The Morgan fingerprint density at radius 3 is 2.37 bits per heavy atom. The van der Waals surface area contributed by atoms with Gasteiger partial charge >= 0.3 is 18.0 Å². The van der Waals surface area contributed by atoms with Gasteiger partial charge in [-0.05, 0) is 18.1 Å². The maximum absolute atomic E-state index is 12.8. The van der Waals surface area contributed by atoms with Crippen molar-refractivity contribution in [3.8, 4) is 0 Å². The van der Waals surface area contributed by atoms with Crippen LogP contribution in [0.4, 0.5) is 4.79 Å². The van der Waals surface area contributed by atoms with Crippen LogP contribution in [0.15, 0.2) is 71.9 Å². The van der Waals surface area contributed by atoms with Crippen LogP contribution in [0.2, 0.25) is 0 Å². The van der Waals surface area contributed by atoms with E-state index in [9.17, 15) is 19.2 Å². The number of carbonyl (C=O) groups is 4. The second kappa shape index (κ2) is 10.9. The van der Waals surface area contributed by atoms with E-state index in [4.69, 9.17) is 9.47 Å². The highest BCUT2D eigenvalue weighted by atomic mass is 16.5. The lowest BCUT2D eigenvalue weighted by Crippen LogP contribution is -2.47. The van der Waals surface area contributed by atoms with Crippen molar-refractivity contribution in [3.05, 3.63) is 83.1 Å². The van der Waals surface area contributed by atoms with Gasteiger partial charge in [-0.25, -0.2) is 9.59 Å². The number of nitrogens with one attached hydrogen (secondary N) is 2. The molecule has 0 spiro atoms. The topological polar surface area (TPSA) is 114 Å². The minimum atomic E-state index is -0.757. The van der Waals surface area contributed by atoms with Gasteiger partial charge in [-0.2, -0.15) is 0 Å². The van der Waals surface area contributed by atoms with E-state index in [0.29, 0.717) is 12.1 Å². The first kappa shape index (κ1) is 24.0. The number of nitrogens with zero attached hydrogens (tertiary/aromatic N) is 1. The number of esters is 2. The van der Waals surface area contributed by atoms with E-state index in [1.165, 1.54) is 0 Å². The molecule has 3 amide bonds. The van der Waals surface area contributed by atoms with Crippen LogP contribution in [-0.2, 0) is 30.4 Å². The quantitative estimate of drug-likeness (QED) is 0.565. The van der Waals surface area contributed by atoms with Crippen LogP contribution in [0.25, 0.3) is 0 Å². The number of urea groups is 1. The van der Waals surface area contributed by atoms with Gasteiger partial charge in [0, 0.05) is 19.5 Å². The van der Waals surface area contributed by atoms with Gasteiger partial charge in [0.05, 0.1) is 29.8 Å². The number of amides is 3. The van der Waals surface area contributed by atoms with E-state index >= 15 is 0 Å². The highest BCUT2D eigenvalue weighted by molar-refractivity contribution is 5.95. The molecule has 2 heterocycles. The summed E-state index contributed by atoms with van der Waals surface area (Å²) in [5.74, 6) is -1.93. The van der Waals surface area contributed by atoms with Gasteiger partial charge in [0.2, 0.25) is 5.91 Å². The Bertz CT molecular complexity index is 1130. The molecule has 35 heavy (non-hydrogen) atoms. The van der Waals surface area contributed by atoms with Crippen molar-refractivity contribution in [2.24, 2.45) is 5.92 Å². The minimum absolute atomic E-state index is 0.0516. The molecule has 0 unspecified atom stereocenters. The van der Waals surface area contributed by atoms with E-state index in [1.54, 1.807) is 36.1 Å². The van der Waals surface area contributed by atoms with E-state index < -0.39 is 29.9 Å². The van der Waals surface area contributed by atoms with Crippen LogP contribution in [0, 0.1) is 5.92 Å². The van der Waals surface area contributed by atoms with Gasteiger partial charge in [-0.1, -0.05) is 60.7 Å². The molecular weight excluding hydrogens is 450 g/mol. The summed E-state index contributed by atoms with van der Waals surface area (Å²) in [6.45, 7) is 2.17. The van der Waals surface area contributed by atoms with Crippen LogP contribution in [0.3, 0.4) is 0 Å². The van der Waals surface area contributed by atoms with Crippen molar-refractivity contribution in [1.82, 2.24) is 15.5 Å². The molecule has 1 fully saturated rings. The van der Waals surface area contributed by atoms with E-state index in [2.05, 4.69) is 10.6 Å². The summed E-state index contributed by atoms with van der Waals surface area (Å²) >= 11 is 0. The van der Waals surface area contributed by atoms with Gasteiger partial charge in [-0.15, -0.1) is 0 Å². The van der Waals surface area contributed by atoms with E-state index in [1.807, 2.05) is 36.4 Å². The molecule has 2 aliphatic heterocycles. The van der Waals surface area contributed by atoms with E-state index in [-0.39, 0.29) is 43.4 Å². The van der Waals surface area contributed by atoms with Crippen molar-refractivity contribution in [1.29, 1.82) is 0 Å². The molecule has 2 atom stereocenters. The largest absolute Gasteiger partial charge is 0.463 e. The number of hydrogen-bond donors (Lipinski definition) is 2. The summed E-state index contributed by atoms with van der Waals surface area (Å²) in [6, 6.07) is 17.2. The summed E-state index contributed by atoms with van der Waals surface area (Å²) in [5.41, 5.74) is 1.98. The molecule has 9 nitrogen and oxygen atoms in total. The zero-order valence-electron chi connectivity index (χ0n) is 19.4. The molecular formula is C26H27N3O6. The van der Waals surface area contributed by atoms with Crippen LogP contribution in [0.5, 0.6) is 0 Å². The number of likely N-dealkylation sites (tertiary alicyclic amines) is 1. The van der Waals surface area contributed by atoms with Crippen molar-refractivity contribution in [2.45, 2.75) is 25.9 Å². The summed E-state index contributed by atoms with van der Waals surface area (Å²) in [6.07, 6.45) is 0.0516. The highest BCUT2D eigenvalue weighted by Gasteiger charge is 2.37. The fraction of sp³-hybridized carbons (Fsp3) is 0.308. The SMILES string of the molecule is CCOC(=O)C1=C(COC(=O)[C@@H]2CC(=O)N(Cc3ccccc3)C2)NC(=O)N[C@H]1c1ccccc1. The predicted molar refractivity (Wildman–Crippen MR) is 125 cm³/mol. The molecule has 2 N–H and O–H groups in total. The zero-order valence-corrected chi connectivity index (χ0v) is 19.4. The second-order valence-electron chi connectivity index (χ2n) is 8.32. The summed E-state index contributed by atoms with van der Waals surface area (Å²) < 4.78 is 10.7. The van der Waals surface area contributed by atoms with Crippen LogP contribution in [0.1, 0.15) is 30.5 Å². The fourth-order valence-electron chi connectivity index (χ4n) is 4.23. The standard InChI is InChI=1S/C26H27N3O6/c1-2-34-25(32)22-20(27-26(33)28-23(22)18-11-7-4-8-12-18)16-35-24(31)19-13-21(30)29(15-19)14-17-9-5-3-6-10-17/h3-12,19,23H,2,13-16H2,1H3,(H2,27,28,33)/t19-,23+/m1/s1. The third-order valence-corrected chi connectivity index (χ3v) is 5.90. The lowest BCUT2D eigenvalue weighted by atomic mass is 9.95. The van der Waals surface area contributed by atoms with Gasteiger partial charge in [0.25, 0.3) is 0 Å². The minimum Gasteiger partial charge on any atom is -0.463 e. The predicted octanol–water partition coefficient (Wildman–Crippen LogP) is 2.45. The normalized spacial score (nSPS) is 19.7. The van der Waals surface area contributed by atoms with Gasteiger partial charge in [-0.3, -0.25) is 9.59 Å². The molecule has 0 saturated carbocycles. The first-order chi connectivity index (χ1) is 17.0. The van der Waals surface area contributed by atoms with Crippen molar-refractivity contribution in [3.63, 3.8) is 0 Å². The lowest BCUT2D eigenvalue weighted by Gasteiger charge is -2.29. The Kier molecular flexibility index (Phi) is 7.45. The smallest absolute Gasteiger partial charge is 0.338 e. The molecule has 182 valence electrons. The maximum atomic E-state index is 12.8. The average molecular weight is 478 g/mol. The number of rotatable bonds is 8. The molecule has 0 aromatic heterocycles. The van der Waals surface area contributed by atoms with Crippen LogP contribution < -0.4 is 10.6 Å². The second-order valence-corrected chi connectivity index (χ2v) is 8.32. The van der Waals surface area contributed by atoms with Crippen molar-refractivity contribution < 1.29 is 28.7 Å². The Labute approximate surface area is 203 Å². The molecule has 9 heteroatoms. The number of carbonyl (C=O) groups excluding carboxylic acids is 4. The maximum Gasteiger partial charge on any atom is 0.338 e. The molecule has 2 aromatic rings. The monoisotopic (exact) mass is 477 g/mol. The summed E-state index contributed by atoms with van der Waals surface area (Å²) in [5, 5.41) is 5.30. The van der Waals surface area contributed by atoms with Crippen LogP contribution >= 0.6 is 0 Å². The highest BCUT2D eigenvalue weighted by Crippen LogP contribution is 2.28. The number of hydrogen-bond acceptors (Lipinski definition) is 6. The average Bonchev–Trinajstić information content (AvgIpc) is 3.23. The molecule has 0 radical (unpaired) electrons. The zero-order chi connectivity index (χ0) is 24.8. The molecule has 0 aliphatic carbocycles. The Morgan fingerprint density at radius 1 is 1.00 bits per heavy atom. The molecule has 2 aromatic carbocycles. The number of ether oxygens (including phenoxy) is 2. The Balaban J connectivity index is 1.48. The van der Waals surface area contributed by atoms with Crippen LogP contribution in [-0.4, -0.2) is 48.5 Å². The van der Waals surface area contributed by atoms with E-state index in [0.717, 1.165) is 5.56 Å². The fourth-order valence-corrected chi connectivity index (χ4v) is 4.23. The first-order valence-electron chi connectivity index (χ1n) is 11.5. The third kappa shape index (κ3) is 5.68. The molecule has 1 saturated heterocycles. The third-order valence-electron chi connectivity index (χ3n) is 5.90. The van der Waals surface area contributed by atoms with Gasteiger partial charge < -0.3 is 25.0 Å². The Hall–Kier alpha value is -4.14. The van der Waals surface area contributed by atoms with Crippen molar-refractivity contribution in [2.75, 3.05) is 19.8 Å².